The van der Waals surface area contributed by atoms with Gasteiger partial charge in [0, 0.05) is 19.4 Å². The van der Waals surface area contributed by atoms with Crippen molar-refractivity contribution in [1.29, 1.82) is 0 Å². The van der Waals surface area contributed by atoms with Gasteiger partial charge in [-0.25, -0.2) is 0 Å². The molecule has 1 atom stereocenters. The first-order valence-electron chi connectivity index (χ1n) is 4.79. The molecule has 94 valence electrons. The largest absolute Gasteiger partial charge is 6.00 e. The van der Waals surface area contributed by atoms with E-state index in [1.807, 2.05) is 24.3 Å². The third-order valence-electron chi connectivity index (χ3n) is 2.53. The maximum absolute atomic E-state index is 9.90. The van der Waals surface area contributed by atoms with Crippen LogP contribution in [0.3, 0.4) is 0 Å². The molecule has 0 radical (unpaired) electrons. The Bertz CT molecular complexity index is 399. The fourth-order valence-corrected chi connectivity index (χ4v) is 1.84. The third-order valence-corrected chi connectivity index (χ3v) is 2.53. The average Bonchev–Trinajstić information content (AvgIpc) is 2.45. The van der Waals surface area contributed by atoms with E-state index in [-0.39, 0.29) is 24.0 Å². The molecule has 1 aliphatic carbocycles. The Labute approximate surface area is 122 Å². The Morgan fingerprint density at radius 1 is 1.05 bits per heavy atom. The SMILES string of the molecule is OCCC1(O)Cc2ccccc21.[C-]#[O+].[C-]#[O+].[C-]#[O+].[Cr+6]. The fourth-order valence-electron chi connectivity index (χ4n) is 1.84. The molecule has 1 aliphatic rings. The van der Waals surface area contributed by atoms with Gasteiger partial charge in [-0.1, -0.05) is 24.3 Å². The van der Waals surface area contributed by atoms with Crippen LogP contribution in [0.1, 0.15) is 17.5 Å². The van der Waals surface area contributed by atoms with Crippen molar-refractivity contribution in [1.82, 2.24) is 0 Å². The van der Waals surface area contributed by atoms with Gasteiger partial charge in [-0.15, -0.1) is 0 Å². The van der Waals surface area contributed by atoms with Crippen molar-refractivity contribution >= 4 is 0 Å². The van der Waals surface area contributed by atoms with Crippen molar-refractivity contribution in [3.05, 3.63) is 55.3 Å². The van der Waals surface area contributed by atoms with Gasteiger partial charge in [0.2, 0.25) is 0 Å². The van der Waals surface area contributed by atoms with E-state index in [0.29, 0.717) is 12.8 Å². The molecule has 0 bridgehead atoms. The minimum absolute atomic E-state index is 0. The van der Waals surface area contributed by atoms with E-state index in [9.17, 15) is 5.11 Å². The molecule has 1 unspecified atom stereocenters. The van der Waals surface area contributed by atoms with E-state index in [1.165, 1.54) is 5.56 Å². The number of benzene rings is 1. The van der Waals surface area contributed by atoms with Gasteiger partial charge in [-0.2, -0.15) is 0 Å². The van der Waals surface area contributed by atoms with Gasteiger partial charge in [-0.3, -0.25) is 0 Å². The maximum atomic E-state index is 9.90. The van der Waals surface area contributed by atoms with Crippen LogP contribution < -0.4 is 0 Å². The summed E-state index contributed by atoms with van der Waals surface area (Å²) in [5, 5.41) is 18.6. The zero-order chi connectivity index (χ0) is 14.6. The minimum Gasteiger partial charge on any atom is 6.00 e. The molecule has 0 saturated heterocycles. The smallest absolute Gasteiger partial charge is 6.00 e. The topological polar surface area (TPSA) is 100 Å². The van der Waals surface area contributed by atoms with Crippen LogP contribution in [-0.4, -0.2) is 16.8 Å². The maximum Gasteiger partial charge on any atom is 6.00 e. The summed E-state index contributed by atoms with van der Waals surface area (Å²) in [4.78, 5) is 0. The first-order valence-corrected chi connectivity index (χ1v) is 4.79. The summed E-state index contributed by atoms with van der Waals surface area (Å²) < 4.78 is 22.5. The minimum atomic E-state index is -0.745. The molecule has 1 aromatic rings. The Balaban J connectivity index is -0.000000325. The van der Waals surface area contributed by atoms with Crippen LogP contribution in [0.25, 0.3) is 0 Å². The summed E-state index contributed by atoms with van der Waals surface area (Å²) in [6, 6.07) is 7.83. The first-order chi connectivity index (χ1) is 8.76. The monoisotopic (exact) mass is 300 g/mol. The number of aliphatic hydroxyl groups excluding tert-OH is 1. The van der Waals surface area contributed by atoms with Gasteiger partial charge in [0.25, 0.3) is 0 Å². The predicted molar refractivity (Wildman–Crippen MR) is 57.5 cm³/mol. The third kappa shape index (κ3) is 6.05. The summed E-state index contributed by atoms with van der Waals surface area (Å²) in [5.74, 6) is 0. The summed E-state index contributed by atoms with van der Waals surface area (Å²) >= 11 is 0. The van der Waals surface area contributed by atoms with Crippen LogP contribution in [0, 0.1) is 20.0 Å². The molecule has 19 heavy (non-hydrogen) atoms. The number of fused-ring (bicyclic) bond motifs is 1. The number of aliphatic hydroxyl groups is 2. The predicted octanol–water partition coefficient (Wildman–Crippen LogP) is 0.698. The normalized spacial score (nSPS) is 16.8. The Kier molecular flexibility index (Phi) is 16.1. The van der Waals surface area contributed by atoms with Crippen LogP contribution in [0.5, 0.6) is 0 Å². The van der Waals surface area contributed by atoms with Gasteiger partial charge in [0.1, 0.15) is 0 Å². The Morgan fingerprint density at radius 2 is 1.53 bits per heavy atom. The second-order valence-electron chi connectivity index (χ2n) is 3.34. The Hall–Kier alpha value is -1.11. The van der Waals surface area contributed by atoms with Crippen molar-refractivity contribution in [2.24, 2.45) is 0 Å². The summed E-state index contributed by atoms with van der Waals surface area (Å²) in [6.45, 7) is 13.5. The molecule has 2 N–H and O–H groups in total. The Morgan fingerprint density at radius 3 is 1.95 bits per heavy atom. The molecule has 6 heteroatoms. The van der Waals surface area contributed by atoms with Gasteiger partial charge in [-0.05, 0) is 11.1 Å². The molecule has 0 aliphatic heterocycles. The van der Waals surface area contributed by atoms with Crippen molar-refractivity contribution in [2.75, 3.05) is 6.61 Å². The van der Waals surface area contributed by atoms with Gasteiger partial charge >= 0.3 is 51.3 Å². The van der Waals surface area contributed by atoms with Gasteiger partial charge in [0.15, 0.2) is 0 Å². The molecule has 0 spiro atoms. The molecule has 0 heterocycles. The van der Waals surface area contributed by atoms with E-state index in [4.69, 9.17) is 19.1 Å². The number of hydrogen-bond donors (Lipinski definition) is 2. The molecule has 5 nitrogen and oxygen atoms in total. The molecule has 0 amide bonds. The molecule has 0 fully saturated rings. The van der Waals surface area contributed by atoms with Crippen LogP contribution >= 0.6 is 0 Å². The molecule has 0 aromatic heterocycles. The quantitative estimate of drug-likeness (QED) is 0.620. The van der Waals surface area contributed by atoms with Gasteiger partial charge < -0.3 is 10.2 Å². The van der Waals surface area contributed by atoms with E-state index >= 15 is 0 Å². The van der Waals surface area contributed by atoms with E-state index in [1.54, 1.807) is 0 Å². The summed E-state index contributed by atoms with van der Waals surface area (Å²) in [6.07, 6.45) is 1.13. The molecule has 0 saturated carbocycles. The summed E-state index contributed by atoms with van der Waals surface area (Å²) in [5.41, 5.74) is 1.44. The van der Waals surface area contributed by atoms with Crippen molar-refractivity contribution in [3.63, 3.8) is 0 Å². The van der Waals surface area contributed by atoms with Crippen LogP contribution in [0.15, 0.2) is 24.3 Å². The van der Waals surface area contributed by atoms with Gasteiger partial charge in [0.05, 0.1) is 5.60 Å². The summed E-state index contributed by atoms with van der Waals surface area (Å²) in [7, 11) is 0. The zero-order valence-corrected chi connectivity index (χ0v) is 11.2. The molecule has 2 rings (SSSR count). The molecular formula is C13H12CrO5+6. The van der Waals surface area contributed by atoms with E-state index < -0.39 is 5.60 Å². The first kappa shape index (κ1) is 23.0. The molecular weight excluding hydrogens is 288 g/mol. The standard InChI is InChI=1S/C10H12O2.3CO.Cr/c11-6-5-10(12)7-8-3-1-2-4-9(8)10;3*1-2;/h1-4,11-12H,5-7H2;;;;/q;;;;+6. The van der Waals surface area contributed by atoms with Crippen molar-refractivity contribution in [3.8, 4) is 0 Å². The van der Waals surface area contributed by atoms with E-state index in [2.05, 4.69) is 20.0 Å². The van der Waals surface area contributed by atoms with Crippen molar-refractivity contribution in [2.45, 2.75) is 18.4 Å². The van der Waals surface area contributed by atoms with Crippen LogP contribution in [0.2, 0.25) is 0 Å². The van der Waals surface area contributed by atoms with Crippen LogP contribution in [0.4, 0.5) is 0 Å². The fraction of sp³-hybridized carbons (Fsp3) is 0.308. The molecule has 1 aromatic carbocycles. The van der Waals surface area contributed by atoms with E-state index in [0.717, 1.165) is 5.56 Å². The van der Waals surface area contributed by atoms with Crippen molar-refractivity contribution < 1.29 is 41.5 Å². The number of hydrogen-bond acceptors (Lipinski definition) is 2. The average molecular weight is 300 g/mol. The zero-order valence-electron chi connectivity index (χ0n) is 9.96. The second-order valence-corrected chi connectivity index (χ2v) is 3.34. The second kappa shape index (κ2) is 13.3. The van der Waals surface area contributed by atoms with Crippen LogP contribution in [-0.2, 0) is 43.3 Å². The number of rotatable bonds is 2.